The van der Waals surface area contributed by atoms with Crippen molar-refractivity contribution in [3.8, 4) is 22.1 Å². The van der Waals surface area contributed by atoms with Crippen molar-refractivity contribution < 1.29 is 14.3 Å². The minimum absolute atomic E-state index is 0.0733. The first kappa shape index (κ1) is 18.9. The zero-order valence-electron chi connectivity index (χ0n) is 15.4. The number of benzene rings is 2. The fourth-order valence-corrected chi connectivity index (χ4v) is 3.56. The number of carbonyl (C=O) groups is 1. The first-order valence-electron chi connectivity index (χ1n) is 8.76. The van der Waals surface area contributed by atoms with E-state index in [0.29, 0.717) is 13.2 Å². The predicted octanol–water partition coefficient (Wildman–Crippen LogP) is 4.08. The molecule has 27 heavy (non-hydrogen) atoms. The van der Waals surface area contributed by atoms with E-state index in [1.54, 1.807) is 7.11 Å². The molecule has 1 heterocycles. The molecule has 1 amide bonds. The fraction of sp³-hybridized carbons (Fsp3) is 0.238. The van der Waals surface area contributed by atoms with E-state index in [9.17, 15) is 4.79 Å². The summed E-state index contributed by atoms with van der Waals surface area (Å²) in [6.07, 6.45) is 0.239. The summed E-state index contributed by atoms with van der Waals surface area (Å²) in [5.74, 6) is 1.50. The van der Waals surface area contributed by atoms with E-state index in [1.807, 2.05) is 60.8 Å². The second kappa shape index (κ2) is 9.19. The van der Waals surface area contributed by atoms with Crippen LogP contribution in [0.4, 0.5) is 0 Å². The predicted molar refractivity (Wildman–Crippen MR) is 107 cm³/mol. The van der Waals surface area contributed by atoms with Crippen LogP contribution in [0.25, 0.3) is 10.6 Å². The number of rotatable bonds is 8. The van der Waals surface area contributed by atoms with Gasteiger partial charge in [-0.25, -0.2) is 4.98 Å². The third kappa shape index (κ3) is 4.86. The Morgan fingerprint density at radius 1 is 1.11 bits per heavy atom. The Kier molecular flexibility index (Phi) is 6.44. The van der Waals surface area contributed by atoms with Crippen molar-refractivity contribution in [3.05, 3.63) is 65.2 Å². The quantitative estimate of drug-likeness (QED) is 0.638. The van der Waals surface area contributed by atoms with Crippen LogP contribution < -0.4 is 14.8 Å². The van der Waals surface area contributed by atoms with Crippen LogP contribution in [0.1, 0.15) is 18.2 Å². The molecule has 2 aromatic carbocycles. The lowest BCUT2D eigenvalue weighted by molar-refractivity contribution is -0.120. The Morgan fingerprint density at radius 3 is 2.63 bits per heavy atom. The van der Waals surface area contributed by atoms with Gasteiger partial charge in [-0.1, -0.05) is 30.3 Å². The number of hydrogen-bond acceptors (Lipinski definition) is 5. The van der Waals surface area contributed by atoms with Gasteiger partial charge in [0.05, 0.1) is 31.4 Å². The summed E-state index contributed by atoms with van der Waals surface area (Å²) in [4.78, 5) is 16.9. The Hall–Kier alpha value is -2.86. The zero-order valence-corrected chi connectivity index (χ0v) is 16.2. The van der Waals surface area contributed by atoms with Crippen LogP contribution >= 0.6 is 11.3 Å². The molecule has 0 saturated carbocycles. The van der Waals surface area contributed by atoms with Crippen LogP contribution in [-0.4, -0.2) is 24.6 Å². The number of amides is 1. The first-order chi connectivity index (χ1) is 13.2. The summed E-state index contributed by atoms with van der Waals surface area (Å²) in [6, 6.07) is 15.4. The molecule has 3 rings (SSSR count). The van der Waals surface area contributed by atoms with Crippen LogP contribution in [0, 0.1) is 0 Å². The number of carbonyl (C=O) groups excluding carboxylic acids is 1. The Bertz CT molecular complexity index is 908. The number of nitrogens with zero attached hydrogens (tertiary/aromatic N) is 1. The first-order valence-corrected chi connectivity index (χ1v) is 9.64. The number of thiazole rings is 1. The Labute approximate surface area is 163 Å². The van der Waals surface area contributed by atoms with Crippen molar-refractivity contribution in [2.45, 2.75) is 19.9 Å². The van der Waals surface area contributed by atoms with Gasteiger partial charge in [-0.3, -0.25) is 4.79 Å². The lowest BCUT2D eigenvalue weighted by Crippen LogP contribution is -2.24. The third-order valence-electron chi connectivity index (χ3n) is 3.98. The number of aromatic nitrogens is 1. The van der Waals surface area contributed by atoms with Gasteiger partial charge < -0.3 is 14.8 Å². The highest BCUT2D eigenvalue weighted by atomic mass is 32.1. The standard InChI is InChI=1S/C21H22N2O3S/c1-3-26-19-11-7-5-9-17(19)21-23-16(14-27-21)12-20(24)22-13-15-8-4-6-10-18(15)25-2/h4-11,14H,3,12-13H2,1-2H3,(H,22,24). The molecule has 0 aliphatic heterocycles. The van der Waals surface area contributed by atoms with Gasteiger partial charge in [0.15, 0.2) is 0 Å². The second-order valence-corrected chi connectivity index (χ2v) is 6.70. The molecule has 0 atom stereocenters. The molecule has 5 nitrogen and oxygen atoms in total. The molecule has 0 aliphatic rings. The number of nitrogens with one attached hydrogen (secondary N) is 1. The summed E-state index contributed by atoms with van der Waals surface area (Å²) in [5.41, 5.74) is 2.64. The van der Waals surface area contributed by atoms with Gasteiger partial charge in [0.1, 0.15) is 16.5 Å². The monoisotopic (exact) mass is 382 g/mol. The van der Waals surface area contributed by atoms with Gasteiger partial charge in [0.2, 0.25) is 5.91 Å². The summed E-state index contributed by atoms with van der Waals surface area (Å²) in [6.45, 7) is 2.98. The van der Waals surface area contributed by atoms with Crippen LogP contribution in [0.15, 0.2) is 53.9 Å². The molecular weight excluding hydrogens is 360 g/mol. The molecule has 0 aliphatic carbocycles. The fourth-order valence-electron chi connectivity index (χ4n) is 2.71. The van der Waals surface area contributed by atoms with E-state index in [1.165, 1.54) is 11.3 Å². The molecule has 0 unspecified atom stereocenters. The lowest BCUT2D eigenvalue weighted by atomic mass is 10.2. The van der Waals surface area contributed by atoms with Crippen LogP contribution in [0.5, 0.6) is 11.5 Å². The summed E-state index contributed by atoms with van der Waals surface area (Å²) >= 11 is 1.51. The normalized spacial score (nSPS) is 10.4. The largest absolute Gasteiger partial charge is 0.496 e. The highest BCUT2D eigenvalue weighted by Gasteiger charge is 2.12. The molecule has 0 radical (unpaired) electrons. The van der Waals surface area contributed by atoms with Crippen molar-refractivity contribution in [1.29, 1.82) is 0 Å². The van der Waals surface area contributed by atoms with Gasteiger partial charge >= 0.3 is 0 Å². The maximum Gasteiger partial charge on any atom is 0.226 e. The highest BCUT2D eigenvalue weighted by Crippen LogP contribution is 2.32. The highest BCUT2D eigenvalue weighted by molar-refractivity contribution is 7.13. The molecular formula is C21H22N2O3S. The van der Waals surface area contributed by atoms with Gasteiger partial charge in [-0.2, -0.15) is 0 Å². The summed E-state index contributed by atoms with van der Waals surface area (Å²) < 4.78 is 11.0. The van der Waals surface area contributed by atoms with E-state index >= 15 is 0 Å². The number of ether oxygens (including phenoxy) is 2. The van der Waals surface area contributed by atoms with Crippen molar-refractivity contribution in [2.24, 2.45) is 0 Å². The minimum atomic E-state index is -0.0733. The SMILES string of the molecule is CCOc1ccccc1-c1nc(CC(=O)NCc2ccccc2OC)cs1. The maximum absolute atomic E-state index is 12.3. The van der Waals surface area contributed by atoms with Crippen LogP contribution in [0.2, 0.25) is 0 Å². The van der Waals surface area contributed by atoms with Crippen LogP contribution in [0.3, 0.4) is 0 Å². The average molecular weight is 382 g/mol. The molecule has 3 aromatic rings. The maximum atomic E-state index is 12.3. The second-order valence-electron chi connectivity index (χ2n) is 5.84. The van der Waals surface area contributed by atoms with Crippen LogP contribution in [-0.2, 0) is 17.8 Å². The van der Waals surface area contributed by atoms with E-state index in [2.05, 4.69) is 10.3 Å². The van der Waals surface area contributed by atoms with E-state index < -0.39 is 0 Å². The Morgan fingerprint density at radius 2 is 1.85 bits per heavy atom. The van der Waals surface area contributed by atoms with E-state index in [0.717, 1.165) is 33.3 Å². The van der Waals surface area contributed by atoms with Crippen molar-refractivity contribution >= 4 is 17.2 Å². The van der Waals surface area contributed by atoms with Gasteiger partial charge in [-0.05, 0) is 25.1 Å². The lowest BCUT2D eigenvalue weighted by Gasteiger charge is -2.09. The zero-order chi connectivity index (χ0) is 19.1. The number of hydrogen-bond donors (Lipinski definition) is 1. The number of methoxy groups -OCH3 is 1. The summed E-state index contributed by atoms with van der Waals surface area (Å²) in [5, 5.41) is 5.69. The molecule has 0 saturated heterocycles. The molecule has 0 fully saturated rings. The van der Waals surface area contributed by atoms with Gasteiger partial charge in [0.25, 0.3) is 0 Å². The molecule has 1 N–H and O–H groups in total. The molecule has 1 aromatic heterocycles. The van der Waals surface area contributed by atoms with Crippen molar-refractivity contribution in [3.63, 3.8) is 0 Å². The van der Waals surface area contributed by atoms with Crippen molar-refractivity contribution in [2.75, 3.05) is 13.7 Å². The van der Waals surface area contributed by atoms with Crippen molar-refractivity contribution in [1.82, 2.24) is 10.3 Å². The molecule has 140 valence electrons. The topological polar surface area (TPSA) is 60.5 Å². The van der Waals surface area contributed by atoms with E-state index in [-0.39, 0.29) is 12.3 Å². The van der Waals surface area contributed by atoms with Gasteiger partial charge in [-0.15, -0.1) is 11.3 Å². The number of para-hydroxylation sites is 2. The van der Waals surface area contributed by atoms with Gasteiger partial charge in [0, 0.05) is 17.5 Å². The average Bonchev–Trinajstić information content (AvgIpc) is 3.15. The third-order valence-corrected chi connectivity index (χ3v) is 4.90. The molecule has 6 heteroatoms. The smallest absolute Gasteiger partial charge is 0.226 e. The molecule has 0 bridgehead atoms. The summed E-state index contributed by atoms with van der Waals surface area (Å²) in [7, 11) is 1.62. The Balaban J connectivity index is 1.63. The van der Waals surface area contributed by atoms with E-state index in [4.69, 9.17) is 9.47 Å². The molecule has 0 spiro atoms. The minimum Gasteiger partial charge on any atom is -0.496 e.